The molecule has 0 aromatic carbocycles. The second-order valence-electron chi connectivity index (χ2n) is 3.07. The molecule has 0 spiro atoms. The lowest BCUT2D eigenvalue weighted by Gasteiger charge is -2.11. The topological polar surface area (TPSA) is 67.8 Å². The van der Waals surface area contributed by atoms with E-state index < -0.39 is 6.10 Å². The lowest BCUT2D eigenvalue weighted by atomic mass is 10.3. The zero-order valence-corrected chi connectivity index (χ0v) is 9.49. The molecule has 0 radical (unpaired) electrons. The molecule has 0 aliphatic rings. The van der Waals surface area contributed by atoms with Gasteiger partial charge in [-0.2, -0.15) is 0 Å². The molecule has 0 aromatic rings. The Balaban J connectivity index is 3.26. The van der Waals surface area contributed by atoms with Crippen molar-refractivity contribution in [2.75, 3.05) is 32.9 Å². The number of aliphatic hydroxyl groups excluding tert-OH is 1. The number of carbonyl (C=O) groups is 1. The summed E-state index contributed by atoms with van der Waals surface area (Å²) < 4.78 is 9.78. The standard InChI is InChI=1S/C10H21NO4/c1-3-14-8-9(12)7-11-6-5-10(13)15-4-2/h9,11-12H,3-8H2,1-2H3. The Bertz CT molecular complexity index is 164. The highest BCUT2D eigenvalue weighted by molar-refractivity contribution is 5.69. The van der Waals surface area contributed by atoms with Crippen LogP contribution in [0.1, 0.15) is 20.3 Å². The van der Waals surface area contributed by atoms with Gasteiger partial charge >= 0.3 is 5.97 Å². The number of ether oxygens (including phenoxy) is 2. The van der Waals surface area contributed by atoms with Crippen LogP contribution >= 0.6 is 0 Å². The quantitative estimate of drug-likeness (QED) is 0.419. The fraction of sp³-hybridized carbons (Fsp3) is 0.900. The van der Waals surface area contributed by atoms with E-state index in [2.05, 4.69) is 5.32 Å². The number of carbonyl (C=O) groups excluding carboxylic acids is 1. The number of hydrogen-bond donors (Lipinski definition) is 2. The molecule has 1 atom stereocenters. The summed E-state index contributed by atoms with van der Waals surface area (Å²) in [6.45, 7) is 5.92. The number of nitrogens with one attached hydrogen (secondary N) is 1. The number of aliphatic hydroxyl groups is 1. The van der Waals surface area contributed by atoms with Gasteiger partial charge in [0.25, 0.3) is 0 Å². The molecule has 0 saturated heterocycles. The van der Waals surface area contributed by atoms with Gasteiger partial charge in [0.1, 0.15) is 0 Å². The second kappa shape index (κ2) is 9.89. The normalized spacial score (nSPS) is 12.5. The summed E-state index contributed by atoms with van der Waals surface area (Å²) in [5.41, 5.74) is 0. The Morgan fingerprint density at radius 1 is 1.40 bits per heavy atom. The fourth-order valence-corrected chi connectivity index (χ4v) is 1.01. The van der Waals surface area contributed by atoms with Crippen molar-refractivity contribution in [2.45, 2.75) is 26.4 Å². The molecular formula is C10H21NO4. The van der Waals surface area contributed by atoms with Gasteiger partial charge in [0.15, 0.2) is 0 Å². The van der Waals surface area contributed by atoms with E-state index in [4.69, 9.17) is 9.47 Å². The van der Waals surface area contributed by atoms with Crippen LogP contribution in [-0.2, 0) is 14.3 Å². The summed E-state index contributed by atoms with van der Waals surface area (Å²) in [6, 6.07) is 0. The van der Waals surface area contributed by atoms with Crippen molar-refractivity contribution in [3.8, 4) is 0 Å². The van der Waals surface area contributed by atoms with Crippen molar-refractivity contribution < 1.29 is 19.4 Å². The van der Waals surface area contributed by atoms with E-state index in [9.17, 15) is 9.90 Å². The molecule has 0 bridgehead atoms. The van der Waals surface area contributed by atoms with Gasteiger partial charge in [0, 0.05) is 19.7 Å². The van der Waals surface area contributed by atoms with Gasteiger partial charge in [-0.3, -0.25) is 4.79 Å². The molecule has 0 heterocycles. The Morgan fingerprint density at radius 2 is 2.13 bits per heavy atom. The first-order chi connectivity index (χ1) is 7.20. The predicted octanol–water partition coefficient (Wildman–Crippen LogP) is -0.0734. The van der Waals surface area contributed by atoms with Crippen LogP contribution in [0, 0.1) is 0 Å². The molecule has 0 aliphatic carbocycles. The van der Waals surface area contributed by atoms with Gasteiger partial charge in [-0.05, 0) is 13.8 Å². The molecule has 5 heteroatoms. The largest absolute Gasteiger partial charge is 0.466 e. The summed E-state index contributed by atoms with van der Waals surface area (Å²) in [7, 11) is 0. The van der Waals surface area contributed by atoms with Crippen molar-refractivity contribution in [1.29, 1.82) is 0 Å². The Labute approximate surface area is 90.8 Å². The maximum atomic E-state index is 10.9. The molecule has 5 nitrogen and oxygen atoms in total. The molecule has 0 fully saturated rings. The maximum absolute atomic E-state index is 10.9. The zero-order chi connectivity index (χ0) is 11.5. The van der Waals surface area contributed by atoms with Crippen LogP contribution in [-0.4, -0.2) is 50.1 Å². The minimum atomic E-state index is -0.521. The molecule has 0 aromatic heterocycles. The van der Waals surface area contributed by atoms with E-state index in [1.54, 1.807) is 6.92 Å². The molecule has 0 aliphatic heterocycles. The molecule has 15 heavy (non-hydrogen) atoms. The maximum Gasteiger partial charge on any atom is 0.307 e. The Kier molecular flexibility index (Phi) is 9.46. The average molecular weight is 219 g/mol. The van der Waals surface area contributed by atoms with E-state index in [-0.39, 0.29) is 5.97 Å². The molecule has 0 amide bonds. The van der Waals surface area contributed by atoms with Gasteiger partial charge in [-0.15, -0.1) is 0 Å². The first-order valence-electron chi connectivity index (χ1n) is 5.32. The van der Waals surface area contributed by atoms with Crippen LogP contribution in [0.3, 0.4) is 0 Å². The predicted molar refractivity (Wildman–Crippen MR) is 56.6 cm³/mol. The highest BCUT2D eigenvalue weighted by Crippen LogP contribution is 1.86. The lowest BCUT2D eigenvalue weighted by molar-refractivity contribution is -0.143. The van der Waals surface area contributed by atoms with E-state index in [1.165, 1.54) is 0 Å². The fourth-order valence-electron chi connectivity index (χ4n) is 1.01. The summed E-state index contributed by atoms with van der Waals surface area (Å²) in [5, 5.41) is 12.3. The summed E-state index contributed by atoms with van der Waals surface area (Å²) in [6.07, 6.45) is -0.193. The summed E-state index contributed by atoms with van der Waals surface area (Å²) in [4.78, 5) is 10.9. The van der Waals surface area contributed by atoms with Crippen LogP contribution in [0.4, 0.5) is 0 Å². The van der Waals surface area contributed by atoms with Crippen LogP contribution < -0.4 is 5.32 Å². The van der Waals surface area contributed by atoms with Crippen LogP contribution in [0.5, 0.6) is 0 Å². The van der Waals surface area contributed by atoms with E-state index in [1.807, 2.05) is 6.92 Å². The van der Waals surface area contributed by atoms with Crippen molar-refractivity contribution in [1.82, 2.24) is 5.32 Å². The lowest BCUT2D eigenvalue weighted by Crippen LogP contribution is -2.31. The number of hydrogen-bond acceptors (Lipinski definition) is 5. The molecule has 1 unspecified atom stereocenters. The summed E-state index contributed by atoms with van der Waals surface area (Å²) >= 11 is 0. The van der Waals surface area contributed by atoms with Crippen molar-refractivity contribution >= 4 is 5.97 Å². The Hall–Kier alpha value is -0.650. The number of rotatable bonds is 9. The molecule has 90 valence electrons. The minimum absolute atomic E-state index is 0.218. The molecular weight excluding hydrogens is 198 g/mol. The monoisotopic (exact) mass is 219 g/mol. The van der Waals surface area contributed by atoms with Gasteiger partial charge in [-0.1, -0.05) is 0 Å². The van der Waals surface area contributed by atoms with Gasteiger partial charge in [-0.25, -0.2) is 0 Å². The third-order valence-electron chi connectivity index (χ3n) is 1.71. The van der Waals surface area contributed by atoms with Crippen molar-refractivity contribution in [3.05, 3.63) is 0 Å². The SMILES string of the molecule is CCOCC(O)CNCCC(=O)OCC. The van der Waals surface area contributed by atoms with Gasteiger partial charge < -0.3 is 19.9 Å². The van der Waals surface area contributed by atoms with Gasteiger partial charge in [0.2, 0.25) is 0 Å². The third kappa shape index (κ3) is 9.65. The van der Waals surface area contributed by atoms with Crippen molar-refractivity contribution in [2.24, 2.45) is 0 Å². The smallest absolute Gasteiger partial charge is 0.307 e. The first-order valence-corrected chi connectivity index (χ1v) is 5.32. The third-order valence-corrected chi connectivity index (χ3v) is 1.71. The van der Waals surface area contributed by atoms with Crippen molar-refractivity contribution in [3.63, 3.8) is 0 Å². The number of esters is 1. The zero-order valence-electron chi connectivity index (χ0n) is 9.49. The van der Waals surface area contributed by atoms with Crippen LogP contribution in [0.15, 0.2) is 0 Å². The molecule has 0 rings (SSSR count). The molecule has 0 saturated carbocycles. The van der Waals surface area contributed by atoms with E-state index in [0.29, 0.717) is 39.3 Å². The summed E-state index contributed by atoms with van der Waals surface area (Å²) in [5.74, 6) is -0.218. The highest BCUT2D eigenvalue weighted by Gasteiger charge is 2.04. The van der Waals surface area contributed by atoms with E-state index in [0.717, 1.165) is 0 Å². The van der Waals surface area contributed by atoms with Crippen LogP contribution in [0.25, 0.3) is 0 Å². The van der Waals surface area contributed by atoms with Crippen LogP contribution in [0.2, 0.25) is 0 Å². The molecule has 2 N–H and O–H groups in total. The minimum Gasteiger partial charge on any atom is -0.466 e. The first kappa shape index (κ1) is 14.3. The van der Waals surface area contributed by atoms with E-state index >= 15 is 0 Å². The second-order valence-corrected chi connectivity index (χ2v) is 3.07. The van der Waals surface area contributed by atoms with Gasteiger partial charge in [0.05, 0.1) is 25.7 Å². The highest BCUT2D eigenvalue weighted by atomic mass is 16.5. The Morgan fingerprint density at radius 3 is 2.73 bits per heavy atom. The average Bonchev–Trinajstić information content (AvgIpc) is 2.22.